The minimum absolute atomic E-state index is 0.0505. The fraction of sp³-hybridized carbons (Fsp3) is 0.100. The van der Waals surface area contributed by atoms with Gasteiger partial charge in [0.15, 0.2) is 0 Å². The normalized spacial score (nSPS) is 10.2. The SMILES string of the molecule is CCOc1ccc(-c2cc(-c3cccc([N+](=O)[O-])c3)c(C#N)c(N)[nH+]2)cc1. The third-order valence-corrected chi connectivity index (χ3v) is 4.05. The van der Waals surface area contributed by atoms with E-state index in [0.717, 1.165) is 11.3 Å². The number of nitrogens with two attached hydrogens (primary N) is 1. The average Bonchev–Trinajstić information content (AvgIpc) is 2.68. The fourth-order valence-corrected chi connectivity index (χ4v) is 2.79. The van der Waals surface area contributed by atoms with Crippen molar-refractivity contribution in [3.8, 4) is 34.2 Å². The van der Waals surface area contributed by atoms with Gasteiger partial charge in [0.05, 0.1) is 11.5 Å². The Bertz CT molecular complexity index is 1040. The lowest BCUT2D eigenvalue weighted by Crippen LogP contribution is -2.16. The molecule has 134 valence electrons. The first-order valence-corrected chi connectivity index (χ1v) is 8.27. The second kappa shape index (κ2) is 7.54. The monoisotopic (exact) mass is 361 g/mol. The van der Waals surface area contributed by atoms with E-state index in [0.29, 0.717) is 23.4 Å². The van der Waals surface area contributed by atoms with Crippen LogP contribution in [0.15, 0.2) is 54.6 Å². The molecule has 2 aromatic carbocycles. The van der Waals surface area contributed by atoms with E-state index in [1.807, 2.05) is 31.2 Å². The summed E-state index contributed by atoms with van der Waals surface area (Å²) < 4.78 is 5.44. The molecule has 0 saturated heterocycles. The highest BCUT2D eigenvalue weighted by atomic mass is 16.6. The molecule has 1 aromatic heterocycles. The number of rotatable bonds is 5. The van der Waals surface area contributed by atoms with Gasteiger partial charge in [0.25, 0.3) is 11.5 Å². The summed E-state index contributed by atoms with van der Waals surface area (Å²) >= 11 is 0. The molecule has 0 unspecified atom stereocenters. The molecule has 0 aliphatic carbocycles. The van der Waals surface area contributed by atoms with Gasteiger partial charge in [-0.2, -0.15) is 5.26 Å². The van der Waals surface area contributed by atoms with Gasteiger partial charge >= 0.3 is 0 Å². The molecule has 0 spiro atoms. The molecule has 0 radical (unpaired) electrons. The first kappa shape index (κ1) is 17.9. The van der Waals surface area contributed by atoms with Crippen molar-refractivity contribution < 1.29 is 14.6 Å². The van der Waals surface area contributed by atoms with Gasteiger partial charge in [-0.05, 0) is 42.8 Å². The van der Waals surface area contributed by atoms with Crippen LogP contribution in [-0.2, 0) is 0 Å². The van der Waals surface area contributed by atoms with Crippen molar-refractivity contribution in [3.05, 3.63) is 70.3 Å². The van der Waals surface area contributed by atoms with Gasteiger partial charge in [-0.1, -0.05) is 12.1 Å². The number of aromatic amines is 1. The Labute approximate surface area is 155 Å². The zero-order chi connectivity index (χ0) is 19.4. The van der Waals surface area contributed by atoms with E-state index in [1.165, 1.54) is 12.1 Å². The lowest BCUT2D eigenvalue weighted by Gasteiger charge is -2.08. The molecule has 1 heterocycles. The lowest BCUT2D eigenvalue weighted by molar-refractivity contribution is -0.384. The zero-order valence-corrected chi connectivity index (χ0v) is 14.6. The summed E-state index contributed by atoms with van der Waals surface area (Å²) in [6.45, 7) is 2.49. The topological polar surface area (TPSA) is 116 Å². The summed E-state index contributed by atoms with van der Waals surface area (Å²) in [5.41, 5.74) is 8.85. The molecule has 3 N–H and O–H groups in total. The van der Waals surface area contributed by atoms with Crippen molar-refractivity contribution in [2.24, 2.45) is 0 Å². The Morgan fingerprint density at radius 2 is 1.93 bits per heavy atom. The highest BCUT2D eigenvalue weighted by Crippen LogP contribution is 2.31. The average molecular weight is 361 g/mol. The third kappa shape index (κ3) is 3.70. The van der Waals surface area contributed by atoms with Gasteiger partial charge in [0.1, 0.15) is 23.1 Å². The Morgan fingerprint density at radius 3 is 2.56 bits per heavy atom. The van der Waals surface area contributed by atoms with Crippen molar-refractivity contribution in [2.75, 3.05) is 12.3 Å². The van der Waals surface area contributed by atoms with Crippen molar-refractivity contribution in [1.29, 1.82) is 5.26 Å². The number of nitro groups is 1. The smallest absolute Gasteiger partial charge is 0.289 e. The van der Waals surface area contributed by atoms with Crippen molar-refractivity contribution in [3.63, 3.8) is 0 Å². The standard InChI is InChI=1S/C20H16N4O3/c1-2-27-16-8-6-13(7-9-16)19-11-17(18(12-21)20(22)23-19)14-4-3-5-15(10-14)24(25)26/h3-11H,2H2,1H3,(H2,22,23)/p+1. The lowest BCUT2D eigenvalue weighted by atomic mass is 9.98. The van der Waals surface area contributed by atoms with Crippen LogP contribution in [0.1, 0.15) is 12.5 Å². The summed E-state index contributed by atoms with van der Waals surface area (Å²) in [5, 5.41) is 20.6. The van der Waals surface area contributed by atoms with Crippen molar-refractivity contribution >= 4 is 11.5 Å². The molecule has 0 aliphatic rings. The number of nitrogens with zero attached hydrogens (tertiary/aromatic N) is 2. The van der Waals surface area contributed by atoms with Crippen LogP contribution in [0.3, 0.4) is 0 Å². The van der Waals surface area contributed by atoms with Crippen LogP contribution in [0.5, 0.6) is 5.75 Å². The number of benzene rings is 2. The van der Waals surface area contributed by atoms with Crippen molar-refractivity contribution in [1.82, 2.24) is 0 Å². The van der Waals surface area contributed by atoms with E-state index >= 15 is 0 Å². The van der Waals surface area contributed by atoms with Crippen LogP contribution in [0, 0.1) is 21.4 Å². The summed E-state index contributed by atoms with van der Waals surface area (Å²) in [6.07, 6.45) is 0. The number of aromatic nitrogens is 1. The molecule has 27 heavy (non-hydrogen) atoms. The maximum atomic E-state index is 11.1. The highest BCUT2D eigenvalue weighted by molar-refractivity contribution is 5.78. The second-order valence-corrected chi connectivity index (χ2v) is 5.76. The Balaban J connectivity index is 2.13. The molecule has 3 rings (SSSR count). The van der Waals surface area contributed by atoms with E-state index in [-0.39, 0.29) is 17.1 Å². The minimum Gasteiger partial charge on any atom is -0.494 e. The van der Waals surface area contributed by atoms with Gasteiger partial charge in [-0.25, -0.2) is 4.98 Å². The van der Waals surface area contributed by atoms with Gasteiger partial charge in [0, 0.05) is 23.3 Å². The van der Waals surface area contributed by atoms with Crippen LogP contribution in [0.25, 0.3) is 22.4 Å². The number of anilines is 1. The van der Waals surface area contributed by atoms with E-state index < -0.39 is 4.92 Å². The molecule has 3 aromatic rings. The number of H-pyrrole nitrogens is 1. The molecule has 0 saturated carbocycles. The third-order valence-electron chi connectivity index (χ3n) is 4.05. The predicted octanol–water partition coefficient (Wildman–Crippen LogP) is 3.60. The summed E-state index contributed by atoms with van der Waals surface area (Å²) in [7, 11) is 0. The highest BCUT2D eigenvalue weighted by Gasteiger charge is 2.18. The van der Waals surface area contributed by atoms with Gasteiger partial charge in [-0.15, -0.1) is 0 Å². The molecule has 0 fully saturated rings. The molecule has 7 nitrogen and oxygen atoms in total. The quantitative estimate of drug-likeness (QED) is 0.550. The number of nitrogen functional groups attached to an aromatic ring is 1. The molecular weight excluding hydrogens is 344 g/mol. The summed E-state index contributed by atoms with van der Waals surface area (Å²) in [4.78, 5) is 13.6. The Kier molecular flexibility index (Phi) is 4.99. The van der Waals surface area contributed by atoms with Crippen LogP contribution in [0.4, 0.5) is 11.5 Å². The predicted molar refractivity (Wildman–Crippen MR) is 101 cm³/mol. The molecule has 0 bridgehead atoms. The largest absolute Gasteiger partial charge is 0.494 e. The first-order valence-electron chi connectivity index (χ1n) is 8.27. The van der Waals surface area contributed by atoms with E-state index in [1.54, 1.807) is 18.2 Å². The minimum atomic E-state index is -0.471. The number of ether oxygens (including phenoxy) is 1. The second-order valence-electron chi connectivity index (χ2n) is 5.76. The molecule has 0 aliphatic heterocycles. The summed E-state index contributed by atoms with van der Waals surface area (Å²) in [6, 6.07) is 17.4. The number of nitrogens with one attached hydrogen (secondary N) is 1. The maximum absolute atomic E-state index is 11.1. The maximum Gasteiger partial charge on any atom is 0.289 e. The summed E-state index contributed by atoms with van der Waals surface area (Å²) in [5.74, 6) is 0.951. The first-order chi connectivity index (χ1) is 13.0. The van der Waals surface area contributed by atoms with E-state index in [9.17, 15) is 15.4 Å². The van der Waals surface area contributed by atoms with E-state index in [2.05, 4.69) is 11.1 Å². The van der Waals surface area contributed by atoms with Crippen LogP contribution in [0.2, 0.25) is 0 Å². The molecule has 0 amide bonds. The van der Waals surface area contributed by atoms with Crippen molar-refractivity contribution in [2.45, 2.75) is 6.92 Å². The van der Waals surface area contributed by atoms with Gasteiger partial charge in [0.2, 0.25) is 0 Å². The Morgan fingerprint density at radius 1 is 1.19 bits per heavy atom. The number of non-ortho nitro benzene ring substituents is 1. The van der Waals surface area contributed by atoms with Crippen LogP contribution in [-0.4, -0.2) is 11.5 Å². The number of hydrogen-bond acceptors (Lipinski definition) is 5. The molecule has 0 atom stereocenters. The van der Waals surface area contributed by atoms with Gasteiger partial charge < -0.3 is 4.74 Å². The molecular formula is C20H17N4O3+. The molecule has 7 heteroatoms. The zero-order valence-electron chi connectivity index (χ0n) is 14.6. The van der Waals surface area contributed by atoms with Crippen LogP contribution < -0.4 is 15.5 Å². The Hall–Kier alpha value is -3.92. The van der Waals surface area contributed by atoms with Gasteiger partial charge in [-0.3, -0.25) is 15.8 Å². The van der Waals surface area contributed by atoms with Crippen LogP contribution >= 0.6 is 0 Å². The number of nitro benzene ring substituents is 1. The number of nitriles is 1. The number of hydrogen-bond donors (Lipinski definition) is 1. The number of pyridine rings is 1. The fourth-order valence-electron chi connectivity index (χ4n) is 2.79. The van der Waals surface area contributed by atoms with E-state index in [4.69, 9.17) is 10.5 Å².